The fourth-order valence-corrected chi connectivity index (χ4v) is 6.44. The van der Waals surface area contributed by atoms with Gasteiger partial charge in [0.05, 0.1) is 9.73 Å². The lowest BCUT2D eigenvalue weighted by molar-refractivity contribution is 0.482. The molecule has 0 bridgehead atoms. The van der Waals surface area contributed by atoms with Crippen LogP contribution in [0.25, 0.3) is 11.0 Å². The molecule has 0 aliphatic carbocycles. The SMILES string of the molecule is O=S(=O)(N=S1(=O)CCCC1)c1cc2ccccc2o1. The lowest BCUT2D eigenvalue weighted by Gasteiger charge is -1.99. The van der Waals surface area contributed by atoms with Gasteiger partial charge in [0.2, 0.25) is 5.09 Å². The summed E-state index contributed by atoms with van der Waals surface area (Å²) in [6, 6.07) is 8.42. The average molecular weight is 299 g/mol. The summed E-state index contributed by atoms with van der Waals surface area (Å²) in [6.45, 7) is 0. The quantitative estimate of drug-likeness (QED) is 0.853. The molecule has 2 heterocycles. The highest BCUT2D eigenvalue weighted by Gasteiger charge is 2.25. The molecule has 0 radical (unpaired) electrons. The third-order valence-corrected chi connectivity index (χ3v) is 7.50. The monoisotopic (exact) mass is 299 g/mol. The summed E-state index contributed by atoms with van der Waals surface area (Å²) in [5.41, 5.74) is 0.484. The summed E-state index contributed by atoms with van der Waals surface area (Å²) in [4.78, 5) is 0. The molecule has 2 aromatic rings. The second kappa shape index (κ2) is 4.35. The Morgan fingerprint density at radius 1 is 1.16 bits per heavy atom. The summed E-state index contributed by atoms with van der Waals surface area (Å²) in [5, 5.41) is 0.459. The van der Waals surface area contributed by atoms with Crippen molar-refractivity contribution in [1.29, 1.82) is 0 Å². The van der Waals surface area contributed by atoms with Crippen LogP contribution >= 0.6 is 0 Å². The van der Waals surface area contributed by atoms with E-state index in [9.17, 15) is 12.6 Å². The normalized spacial score (nSPS) is 18.7. The van der Waals surface area contributed by atoms with E-state index in [1.165, 1.54) is 6.07 Å². The van der Waals surface area contributed by atoms with E-state index < -0.39 is 19.8 Å². The first-order valence-electron chi connectivity index (χ1n) is 5.96. The predicted molar refractivity (Wildman–Crippen MR) is 72.9 cm³/mol. The van der Waals surface area contributed by atoms with Crippen molar-refractivity contribution in [2.24, 2.45) is 3.77 Å². The van der Waals surface area contributed by atoms with Gasteiger partial charge in [-0.15, -0.1) is 3.77 Å². The van der Waals surface area contributed by atoms with Crippen LogP contribution in [-0.2, 0) is 19.8 Å². The van der Waals surface area contributed by atoms with Crippen molar-refractivity contribution in [2.75, 3.05) is 11.5 Å². The number of hydrogen-bond acceptors (Lipinski definition) is 4. The predicted octanol–water partition coefficient (Wildman–Crippen LogP) is 2.38. The van der Waals surface area contributed by atoms with Crippen LogP contribution in [0, 0.1) is 0 Å². The molecule has 1 saturated heterocycles. The van der Waals surface area contributed by atoms with E-state index in [1.54, 1.807) is 24.3 Å². The first-order chi connectivity index (χ1) is 8.99. The maximum atomic E-state index is 12.2. The second-order valence-electron chi connectivity index (χ2n) is 4.54. The first kappa shape index (κ1) is 12.7. The number of rotatable bonds is 2. The zero-order chi connectivity index (χ0) is 13.5. The van der Waals surface area contributed by atoms with Gasteiger partial charge in [0.25, 0.3) is 0 Å². The Balaban J connectivity index is 2.12. The highest BCUT2D eigenvalue weighted by atomic mass is 32.3. The molecular weight excluding hydrogens is 286 g/mol. The van der Waals surface area contributed by atoms with Crippen LogP contribution in [0.3, 0.4) is 0 Å². The van der Waals surface area contributed by atoms with Gasteiger partial charge in [-0.25, -0.2) is 4.21 Å². The molecular formula is C12H13NO4S2. The maximum Gasteiger partial charge on any atom is 0.323 e. The molecule has 102 valence electrons. The summed E-state index contributed by atoms with van der Waals surface area (Å²) >= 11 is 0. The van der Waals surface area contributed by atoms with Gasteiger partial charge in [0, 0.05) is 23.0 Å². The molecule has 1 aliphatic rings. The van der Waals surface area contributed by atoms with Gasteiger partial charge in [-0.05, 0) is 18.9 Å². The number of sulfonamides is 1. The largest absolute Gasteiger partial charge is 0.443 e. The third kappa shape index (κ3) is 2.40. The smallest absolute Gasteiger partial charge is 0.323 e. The molecule has 0 saturated carbocycles. The minimum atomic E-state index is -3.98. The van der Waals surface area contributed by atoms with Crippen LogP contribution in [0.5, 0.6) is 0 Å². The van der Waals surface area contributed by atoms with Crippen molar-refractivity contribution in [1.82, 2.24) is 0 Å². The van der Waals surface area contributed by atoms with Crippen LogP contribution in [0.1, 0.15) is 12.8 Å². The molecule has 7 heteroatoms. The Labute approximate surface area is 111 Å². The van der Waals surface area contributed by atoms with Crippen molar-refractivity contribution in [2.45, 2.75) is 17.9 Å². The molecule has 3 rings (SSSR count). The van der Waals surface area contributed by atoms with E-state index in [0.29, 0.717) is 22.5 Å². The van der Waals surface area contributed by atoms with Gasteiger partial charge in [-0.2, -0.15) is 8.42 Å². The summed E-state index contributed by atoms with van der Waals surface area (Å²) in [7, 11) is -6.60. The highest BCUT2D eigenvalue weighted by Crippen LogP contribution is 2.25. The minimum absolute atomic E-state index is 0.233. The zero-order valence-corrected chi connectivity index (χ0v) is 11.7. The highest BCUT2D eigenvalue weighted by molar-refractivity contribution is 8.03. The van der Waals surface area contributed by atoms with Crippen LogP contribution < -0.4 is 0 Å². The topological polar surface area (TPSA) is 76.7 Å². The van der Waals surface area contributed by atoms with Gasteiger partial charge >= 0.3 is 10.0 Å². The van der Waals surface area contributed by atoms with Crippen molar-refractivity contribution >= 4 is 30.7 Å². The molecule has 1 aromatic heterocycles. The number of hydrogen-bond donors (Lipinski definition) is 0. The Hall–Kier alpha value is -1.34. The number of furan rings is 1. The van der Waals surface area contributed by atoms with E-state index in [1.807, 2.05) is 0 Å². The van der Waals surface area contributed by atoms with Crippen LogP contribution in [0.15, 0.2) is 43.6 Å². The zero-order valence-electron chi connectivity index (χ0n) is 10.1. The fourth-order valence-electron chi connectivity index (χ4n) is 2.13. The van der Waals surface area contributed by atoms with Crippen molar-refractivity contribution in [3.8, 4) is 0 Å². The van der Waals surface area contributed by atoms with E-state index in [-0.39, 0.29) is 5.09 Å². The number of benzene rings is 1. The van der Waals surface area contributed by atoms with E-state index in [2.05, 4.69) is 3.77 Å². The van der Waals surface area contributed by atoms with E-state index >= 15 is 0 Å². The molecule has 0 unspecified atom stereocenters. The number of para-hydroxylation sites is 1. The molecule has 0 N–H and O–H groups in total. The molecule has 0 spiro atoms. The van der Waals surface area contributed by atoms with Gasteiger partial charge in [0.15, 0.2) is 0 Å². The Morgan fingerprint density at radius 3 is 2.53 bits per heavy atom. The molecule has 0 amide bonds. The standard InChI is InChI=1S/C12H13NO4S2/c14-18(7-3-4-8-18)13-19(15,16)12-9-10-5-1-2-6-11(10)17-12/h1-2,5-6,9H,3-4,7-8H2. The third-order valence-electron chi connectivity index (χ3n) is 3.07. The van der Waals surface area contributed by atoms with E-state index in [4.69, 9.17) is 4.42 Å². The van der Waals surface area contributed by atoms with Gasteiger partial charge in [-0.3, -0.25) is 0 Å². The molecule has 19 heavy (non-hydrogen) atoms. The second-order valence-corrected chi connectivity index (χ2v) is 8.85. The average Bonchev–Trinajstić information content (AvgIpc) is 2.94. The molecule has 1 fully saturated rings. The van der Waals surface area contributed by atoms with Crippen LogP contribution in [-0.4, -0.2) is 24.1 Å². The minimum Gasteiger partial charge on any atom is -0.443 e. The number of fused-ring (bicyclic) bond motifs is 1. The van der Waals surface area contributed by atoms with Crippen LogP contribution in [0.4, 0.5) is 0 Å². The van der Waals surface area contributed by atoms with Crippen LogP contribution in [0.2, 0.25) is 0 Å². The molecule has 0 atom stereocenters. The Bertz CT molecular complexity index is 796. The lowest BCUT2D eigenvalue weighted by Crippen LogP contribution is -2.06. The Kier molecular flexibility index (Phi) is 2.90. The fraction of sp³-hybridized carbons (Fsp3) is 0.333. The number of nitrogens with zero attached hydrogens (tertiary/aromatic N) is 1. The van der Waals surface area contributed by atoms with Gasteiger partial charge in [0.1, 0.15) is 5.58 Å². The van der Waals surface area contributed by atoms with Crippen molar-refractivity contribution in [3.63, 3.8) is 0 Å². The molecule has 5 nitrogen and oxygen atoms in total. The van der Waals surface area contributed by atoms with Gasteiger partial charge in [-0.1, -0.05) is 18.2 Å². The van der Waals surface area contributed by atoms with Gasteiger partial charge < -0.3 is 4.42 Å². The summed E-state index contributed by atoms with van der Waals surface area (Å²) in [5.74, 6) is 0.707. The van der Waals surface area contributed by atoms with Crippen molar-refractivity contribution in [3.05, 3.63) is 30.3 Å². The molecule has 1 aliphatic heterocycles. The molecule has 1 aromatic carbocycles. The van der Waals surface area contributed by atoms with Crippen molar-refractivity contribution < 1.29 is 17.0 Å². The Morgan fingerprint density at radius 2 is 1.84 bits per heavy atom. The summed E-state index contributed by atoms with van der Waals surface area (Å²) < 4.78 is 45.3. The summed E-state index contributed by atoms with van der Waals surface area (Å²) in [6.07, 6.45) is 1.52. The van der Waals surface area contributed by atoms with E-state index in [0.717, 1.165) is 12.8 Å². The maximum absolute atomic E-state index is 12.2. The lowest BCUT2D eigenvalue weighted by atomic mass is 10.3. The first-order valence-corrected chi connectivity index (χ1v) is 9.25.